The predicted molar refractivity (Wildman–Crippen MR) is 69.7 cm³/mol. The minimum absolute atomic E-state index is 0.397. The maximum atomic E-state index is 9.13. The first-order valence-corrected chi connectivity index (χ1v) is 7.53. The van der Waals surface area contributed by atoms with Crippen molar-refractivity contribution in [2.75, 3.05) is 13.2 Å². The summed E-state index contributed by atoms with van der Waals surface area (Å²) in [7, 11) is 0. The lowest BCUT2D eigenvalue weighted by Gasteiger charge is -2.33. The summed E-state index contributed by atoms with van der Waals surface area (Å²) in [5, 5.41) is 18.3. The average Bonchev–Trinajstić information content (AvgIpc) is 2.40. The molecule has 0 atom stereocenters. The van der Waals surface area contributed by atoms with Crippen LogP contribution in [-0.2, 0) is 0 Å². The van der Waals surface area contributed by atoms with Crippen LogP contribution in [0.15, 0.2) is 0 Å². The summed E-state index contributed by atoms with van der Waals surface area (Å²) in [6.07, 6.45) is 11.7. The molecule has 0 aromatic rings. The molecule has 100 valence electrons. The Kier molecular flexibility index (Phi) is 5.30. The van der Waals surface area contributed by atoms with Gasteiger partial charge in [0.1, 0.15) is 0 Å². The molecule has 2 nitrogen and oxygen atoms in total. The van der Waals surface area contributed by atoms with E-state index in [9.17, 15) is 0 Å². The SMILES string of the molecule is OCC1CCC(CC2CCC(CO)CC2)CC1. The zero-order chi connectivity index (χ0) is 12.1. The van der Waals surface area contributed by atoms with Crippen LogP contribution in [0.4, 0.5) is 0 Å². The summed E-state index contributed by atoms with van der Waals surface area (Å²) in [6, 6.07) is 0. The molecule has 0 heterocycles. The van der Waals surface area contributed by atoms with Crippen molar-refractivity contribution < 1.29 is 10.2 Å². The first-order chi connectivity index (χ1) is 8.31. The molecule has 2 aliphatic carbocycles. The van der Waals surface area contributed by atoms with Crippen molar-refractivity contribution in [3.63, 3.8) is 0 Å². The molecule has 2 rings (SSSR count). The molecular formula is C15H28O2. The summed E-state index contributed by atoms with van der Waals surface area (Å²) in [6.45, 7) is 0.794. The Morgan fingerprint density at radius 1 is 0.529 bits per heavy atom. The first-order valence-electron chi connectivity index (χ1n) is 7.53. The summed E-state index contributed by atoms with van der Waals surface area (Å²) in [4.78, 5) is 0. The van der Waals surface area contributed by atoms with E-state index in [0.29, 0.717) is 25.0 Å². The van der Waals surface area contributed by atoms with Gasteiger partial charge in [-0.3, -0.25) is 0 Å². The normalized spacial score (nSPS) is 39.2. The summed E-state index contributed by atoms with van der Waals surface area (Å²) in [5.74, 6) is 3.04. The van der Waals surface area contributed by atoms with E-state index < -0.39 is 0 Å². The summed E-state index contributed by atoms with van der Waals surface area (Å²) < 4.78 is 0. The van der Waals surface area contributed by atoms with E-state index in [4.69, 9.17) is 10.2 Å². The van der Waals surface area contributed by atoms with Gasteiger partial charge in [0.25, 0.3) is 0 Å². The van der Waals surface area contributed by atoms with Crippen LogP contribution in [0.5, 0.6) is 0 Å². The van der Waals surface area contributed by atoms with E-state index in [1.807, 2.05) is 0 Å². The highest BCUT2D eigenvalue weighted by Gasteiger charge is 2.26. The van der Waals surface area contributed by atoms with Gasteiger partial charge in [-0.05, 0) is 55.8 Å². The van der Waals surface area contributed by atoms with Gasteiger partial charge >= 0.3 is 0 Å². The van der Waals surface area contributed by atoms with Crippen LogP contribution in [-0.4, -0.2) is 23.4 Å². The summed E-state index contributed by atoms with van der Waals surface area (Å²) in [5.41, 5.74) is 0. The van der Waals surface area contributed by atoms with E-state index in [1.165, 1.54) is 57.8 Å². The Balaban J connectivity index is 1.65. The Hall–Kier alpha value is -0.0800. The zero-order valence-electron chi connectivity index (χ0n) is 11.0. The standard InChI is InChI=1S/C15H28O2/c16-10-14-5-1-12(2-6-14)9-13-3-7-15(11-17)8-4-13/h12-17H,1-11H2. The van der Waals surface area contributed by atoms with Gasteiger partial charge in [-0.15, -0.1) is 0 Å². The molecule has 2 fully saturated rings. The molecule has 0 bridgehead atoms. The molecule has 0 aromatic heterocycles. The van der Waals surface area contributed by atoms with Gasteiger partial charge in [0.05, 0.1) is 0 Å². The van der Waals surface area contributed by atoms with Crippen LogP contribution in [0.2, 0.25) is 0 Å². The van der Waals surface area contributed by atoms with E-state index in [2.05, 4.69) is 0 Å². The van der Waals surface area contributed by atoms with Crippen molar-refractivity contribution in [1.29, 1.82) is 0 Å². The third-order valence-corrected chi connectivity index (χ3v) is 5.12. The van der Waals surface area contributed by atoms with Crippen LogP contribution in [0.3, 0.4) is 0 Å². The lowest BCUT2D eigenvalue weighted by atomic mass is 9.73. The topological polar surface area (TPSA) is 40.5 Å². The first kappa shape index (κ1) is 13.4. The second-order valence-corrected chi connectivity index (χ2v) is 6.37. The second-order valence-electron chi connectivity index (χ2n) is 6.37. The maximum absolute atomic E-state index is 9.13. The van der Waals surface area contributed by atoms with Crippen LogP contribution in [0, 0.1) is 23.7 Å². The van der Waals surface area contributed by atoms with Gasteiger partial charge in [0.2, 0.25) is 0 Å². The highest BCUT2D eigenvalue weighted by Crippen LogP contribution is 2.38. The molecular weight excluding hydrogens is 212 g/mol. The van der Waals surface area contributed by atoms with Gasteiger partial charge < -0.3 is 10.2 Å². The van der Waals surface area contributed by atoms with E-state index >= 15 is 0 Å². The zero-order valence-corrected chi connectivity index (χ0v) is 11.0. The number of aliphatic hydroxyl groups excluding tert-OH is 2. The van der Waals surface area contributed by atoms with Crippen LogP contribution >= 0.6 is 0 Å². The Morgan fingerprint density at radius 3 is 1.12 bits per heavy atom. The van der Waals surface area contributed by atoms with Gasteiger partial charge in [0.15, 0.2) is 0 Å². The number of rotatable bonds is 4. The lowest BCUT2D eigenvalue weighted by molar-refractivity contribution is 0.132. The summed E-state index contributed by atoms with van der Waals surface area (Å²) >= 11 is 0. The molecule has 2 saturated carbocycles. The average molecular weight is 240 g/mol. The fraction of sp³-hybridized carbons (Fsp3) is 1.00. The minimum atomic E-state index is 0.397. The number of hydrogen-bond acceptors (Lipinski definition) is 2. The van der Waals surface area contributed by atoms with Crippen molar-refractivity contribution in [3.8, 4) is 0 Å². The van der Waals surface area contributed by atoms with Crippen molar-refractivity contribution in [1.82, 2.24) is 0 Å². The number of aliphatic hydroxyl groups is 2. The maximum Gasteiger partial charge on any atom is 0.0459 e. The molecule has 0 spiro atoms. The highest BCUT2D eigenvalue weighted by atomic mass is 16.3. The Bertz CT molecular complexity index is 179. The van der Waals surface area contributed by atoms with Crippen molar-refractivity contribution in [2.24, 2.45) is 23.7 Å². The Morgan fingerprint density at radius 2 is 0.824 bits per heavy atom. The fourth-order valence-electron chi connectivity index (χ4n) is 3.77. The lowest BCUT2D eigenvalue weighted by Crippen LogP contribution is -2.22. The Labute approximate surface area is 105 Å². The fourth-order valence-corrected chi connectivity index (χ4v) is 3.77. The molecule has 0 radical (unpaired) electrons. The molecule has 2 aliphatic rings. The van der Waals surface area contributed by atoms with Crippen molar-refractivity contribution in [2.45, 2.75) is 57.8 Å². The van der Waals surface area contributed by atoms with Gasteiger partial charge in [-0.25, -0.2) is 0 Å². The molecule has 0 aromatic carbocycles. The number of hydrogen-bond donors (Lipinski definition) is 2. The quantitative estimate of drug-likeness (QED) is 0.793. The largest absolute Gasteiger partial charge is 0.396 e. The third kappa shape index (κ3) is 3.96. The molecule has 2 N–H and O–H groups in total. The van der Waals surface area contributed by atoms with Crippen LogP contribution in [0.1, 0.15) is 57.8 Å². The van der Waals surface area contributed by atoms with Crippen molar-refractivity contribution >= 4 is 0 Å². The smallest absolute Gasteiger partial charge is 0.0459 e. The predicted octanol–water partition coefficient (Wildman–Crippen LogP) is 2.97. The molecule has 0 unspecified atom stereocenters. The molecule has 2 heteroatoms. The minimum Gasteiger partial charge on any atom is -0.396 e. The van der Waals surface area contributed by atoms with Crippen LogP contribution in [0.25, 0.3) is 0 Å². The molecule has 17 heavy (non-hydrogen) atoms. The monoisotopic (exact) mass is 240 g/mol. The van der Waals surface area contributed by atoms with E-state index in [0.717, 1.165) is 11.8 Å². The molecule has 0 aliphatic heterocycles. The highest BCUT2D eigenvalue weighted by molar-refractivity contribution is 4.78. The van der Waals surface area contributed by atoms with Crippen molar-refractivity contribution in [3.05, 3.63) is 0 Å². The van der Waals surface area contributed by atoms with Gasteiger partial charge in [0, 0.05) is 13.2 Å². The van der Waals surface area contributed by atoms with E-state index in [-0.39, 0.29) is 0 Å². The molecule has 0 amide bonds. The van der Waals surface area contributed by atoms with Crippen LogP contribution < -0.4 is 0 Å². The second kappa shape index (κ2) is 6.75. The van der Waals surface area contributed by atoms with Gasteiger partial charge in [-0.1, -0.05) is 25.7 Å². The molecule has 0 saturated heterocycles. The third-order valence-electron chi connectivity index (χ3n) is 5.12. The van der Waals surface area contributed by atoms with Gasteiger partial charge in [-0.2, -0.15) is 0 Å². The van der Waals surface area contributed by atoms with E-state index in [1.54, 1.807) is 0 Å².